The minimum Gasteiger partial charge on any atom is -0.313 e. The Hall–Kier alpha value is -0.820. The number of aryl methyl sites for hydroxylation is 1. The summed E-state index contributed by atoms with van der Waals surface area (Å²) in [4.78, 5) is 0. The van der Waals surface area contributed by atoms with Crippen molar-refractivity contribution in [2.75, 3.05) is 6.54 Å². The zero-order chi connectivity index (χ0) is 14.9. The minimum atomic E-state index is 0.779. The van der Waals surface area contributed by atoms with E-state index in [9.17, 15) is 0 Å². The Morgan fingerprint density at radius 3 is 2.76 bits per heavy atom. The van der Waals surface area contributed by atoms with Gasteiger partial charge in [-0.3, -0.25) is 0 Å². The highest BCUT2D eigenvalue weighted by molar-refractivity contribution is 5.26. The van der Waals surface area contributed by atoms with Crippen molar-refractivity contribution >= 4 is 0 Å². The maximum atomic E-state index is 3.66. The first kappa shape index (κ1) is 16.5. The van der Waals surface area contributed by atoms with Gasteiger partial charge in [0.1, 0.15) is 0 Å². The highest BCUT2D eigenvalue weighted by atomic mass is 14.8. The summed E-state index contributed by atoms with van der Waals surface area (Å²) in [5, 5.41) is 3.66. The molecule has 0 aliphatic heterocycles. The van der Waals surface area contributed by atoms with Crippen molar-refractivity contribution < 1.29 is 0 Å². The van der Waals surface area contributed by atoms with Crippen molar-refractivity contribution in [1.29, 1.82) is 0 Å². The van der Waals surface area contributed by atoms with E-state index in [1.807, 2.05) is 0 Å². The summed E-state index contributed by atoms with van der Waals surface area (Å²) < 4.78 is 0. The molecule has 0 unspecified atom stereocenters. The summed E-state index contributed by atoms with van der Waals surface area (Å²) in [5.74, 6) is 1.76. The van der Waals surface area contributed by atoms with Gasteiger partial charge in [0.25, 0.3) is 0 Å². The molecule has 1 N–H and O–H groups in total. The third-order valence-electron chi connectivity index (χ3n) is 4.81. The normalized spacial score (nSPS) is 16.5. The molecule has 0 heterocycles. The van der Waals surface area contributed by atoms with Crippen LogP contribution in [0.2, 0.25) is 0 Å². The Morgan fingerprint density at radius 2 is 2.00 bits per heavy atom. The maximum Gasteiger partial charge on any atom is 0.0208 e. The molecular formula is C20H32N. The van der Waals surface area contributed by atoms with Gasteiger partial charge in [0.15, 0.2) is 0 Å². The van der Waals surface area contributed by atoms with Crippen LogP contribution in [0.4, 0.5) is 0 Å². The lowest BCUT2D eigenvalue weighted by Gasteiger charge is -2.21. The molecular weight excluding hydrogens is 254 g/mol. The van der Waals surface area contributed by atoms with Crippen LogP contribution >= 0.6 is 0 Å². The van der Waals surface area contributed by atoms with Gasteiger partial charge >= 0.3 is 0 Å². The molecule has 0 amide bonds. The van der Waals surface area contributed by atoms with E-state index in [0.29, 0.717) is 0 Å². The van der Waals surface area contributed by atoms with Crippen LogP contribution in [-0.2, 0) is 13.0 Å². The highest BCUT2D eigenvalue weighted by Crippen LogP contribution is 2.25. The van der Waals surface area contributed by atoms with E-state index in [2.05, 4.69) is 43.4 Å². The van der Waals surface area contributed by atoms with Crippen LogP contribution in [0.5, 0.6) is 0 Å². The molecule has 2 rings (SSSR count). The third-order valence-corrected chi connectivity index (χ3v) is 4.81. The Labute approximate surface area is 131 Å². The number of hydrogen-bond donors (Lipinski definition) is 1. The zero-order valence-electron chi connectivity index (χ0n) is 14.0. The highest BCUT2D eigenvalue weighted by Gasteiger charge is 2.12. The van der Waals surface area contributed by atoms with E-state index in [1.165, 1.54) is 69.0 Å². The van der Waals surface area contributed by atoms with E-state index >= 15 is 0 Å². The van der Waals surface area contributed by atoms with Gasteiger partial charge in [-0.05, 0) is 60.9 Å². The largest absolute Gasteiger partial charge is 0.313 e. The Balaban J connectivity index is 1.71. The standard InChI is InChI=1S/C20H32N/c1-17(2)12-13-19-10-6-7-11-20(19)16-21-15-14-18-8-4-3-5-9-18/h6,10-11,17-18,21H,3-5,8-9,12-16H2,1-2H3. The Morgan fingerprint density at radius 1 is 1.19 bits per heavy atom. The molecule has 0 atom stereocenters. The molecule has 1 aliphatic carbocycles. The molecule has 1 saturated carbocycles. The van der Waals surface area contributed by atoms with Gasteiger partial charge in [-0.25, -0.2) is 0 Å². The van der Waals surface area contributed by atoms with Gasteiger partial charge in [-0.1, -0.05) is 58.1 Å². The molecule has 1 fully saturated rings. The minimum absolute atomic E-state index is 0.779. The topological polar surface area (TPSA) is 12.0 Å². The van der Waals surface area contributed by atoms with Crippen LogP contribution in [0.15, 0.2) is 18.2 Å². The fourth-order valence-corrected chi connectivity index (χ4v) is 3.35. The molecule has 1 radical (unpaired) electrons. The summed E-state index contributed by atoms with van der Waals surface area (Å²) in [6.07, 6.45) is 11.1. The first-order chi connectivity index (χ1) is 10.3. The molecule has 1 aromatic rings. The first-order valence-corrected chi connectivity index (χ1v) is 8.94. The molecule has 1 heteroatoms. The van der Waals surface area contributed by atoms with Gasteiger partial charge in [0.2, 0.25) is 0 Å². The lowest BCUT2D eigenvalue weighted by Crippen LogP contribution is -2.19. The molecule has 0 saturated heterocycles. The van der Waals surface area contributed by atoms with E-state index in [4.69, 9.17) is 0 Å². The second kappa shape index (κ2) is 9.25. The number of hydrogen-bond acceptors (Lipinski definition) is 1. The molecule has 0 spiro atoms. The van der Waals surface area contributed by atoms with Crippen LogP contribution in [0.1, 0.15) is 69.9 Å². The van der Waals surface area contributed by atoms with Gasteiger partial charge in [-0.2, -0.15) is 0 Å². The fourth-order valence-electron chi connectivity index (χ4n) is 3.35. The SMILES string of the molecule is CC(C)CCc1cc[c]cc1CNCCC1CCCCC1. The van der Waals surface area contributed by atoms with Crippen LogP contribution in [-0.4, -0.2) is 6.54 Å². The van der Waals surface area contributed by atoms with Crippen LogP contribution in [0.3, 0.4) is 0 Å². The smallest absolute Gasteiger partial charge is 0.0208 e. The van der Waals surface area contributed by atoms with Crippen molar-refractivity contribution in [3.05, 3.63) is 35.4 Å². The number of nitrogens with one attached hydrogen (secondary N) is 1. The first-order valence-electron chi connectivity index (χ1n) is 8.94. The van der Waals surface area contributed by atoms with Gasteiger partial charge < -0.3 is 5.32 Å². The van der Waals surface area contributed by atoms with Gasteiger partial charge in [0.05, 0.1) is 0 Å². The van der Waals surface area contributed by atoms with Crippen LogP contribution in [0.25, 0.3) is 0 Å². The van der Waals surface area contributed by atoms with Crippen molar-refractivity contribution in [2.24, 2.45) is 11.8 Å². The van der Waals surface area contributed by atoms with Crippen molar-refractivity contribution in [3.8, 4) is 0 Å². The summed E-state index contributed by atoms with van der Waals surface area (Å²) in [5.41, 5.74) is 2.95. The number of benzene rings is 1. The van der Waals surface area contributed by atoms with Crippen molar-refractivity contribution in [1.82, 2.24) is 5.32 Å². The van der Waals surface area contributed by atoms with Crippen molar-refractivity contribution in [3.63, 3.8) is 0 Å². The molecule has 117 valence electrons. The lowest BCUT2D eigenvalue weighted by atomic mass is 9.87. The second-order valence-electron chi connectivity index (χ2n) is 7.10. The average molecular weight is 286 g/mol. The average Bonchev–Trinajstić information content (AvgIpc) is 2.51. The number of rotatable bonds is 8. The molecule has 21 heavy (non-hydrogen) atoms. The van der Waals surface area contributed by atoms with E-state index in [1.54, 1.807) is 0 Å². The zero-order valence-corrected chi connectivity index (χ0v) is 14.0. The Bertz CT molecular complexity index is 391. The maximum absolute atomic E-state index is 3.66. The molecule has 0 aromatic heterocycles. The predicted octanol–water partition coefficient (Wildman–Crippen LogP) is 5.14. The Kier molecular flexibility index (Phi) is 7.29. The third kappa shape index (κ3) is 6.22. The summed E-state index contributed by atoms with van der Waals surface area (Å²) >= 11 is 0. The predicted molar refractivity (Wildman–Crippen MR) is 91.3 cm³/mol. The second-order valence-corrected chi connectivity index (χ2v) is 7.10. The van der Waals surface area contributed by atoms with Crippen LogP contribution in [0, 0.1) is 17.9 Å². The molecule has 0 bridgehead atoms. The fraction of sp³-hybridized carbons (Fsp3) is 0.700. The molecule has 1 nitrogen and oxygen atoms in total. The van der Waals surface area contributed by atoms with Gasteiger partial charge in [0, 0.05) is 6.54 Å². The summed E-state index contributed by atoms with van der Waals surface area (Å²) in [6, 6.07) is 9.72. The van der Waals surface area contributed by atoms with Gasteiger partial charge in [-0.15, -0.1) is 0 Å². The van der Waals surface area contributed by atoms with E-state index in [0.717, 1.165) is 18.4 Å². The quantitative estimate of drug-likeness (QED) is 0.653. The lowest BCUT2D eigenvalue weighted by molar-refractivity contribution is 0.334. The van der Waals surface area contributed by atoms with Crippen LogP contribution < -0.4 is 5.32 Å². The summed E-state index contributed by atoms with van der Waals surface area (Å²) in [6.45, 7) is 6.79. The van der Waals surface area contributed by atoms with E-state index < -0.39 is 0 Å². The van der Waals surface area contributed by atoms with Crippen molar-refractivity contribution in [2.45, 2.75) is 71.8 Å². The van der Waals surface area contributed by atoms with E-state index in [-0.39, 0.29) is 0 Å². The summed E-state index contributed by atoms with van der Waals surface area (Å²) in [7, 11) is 0. The monoisotopic (exact) mass is 286 g/mol. The molecule has 1 aliphatic rings. The molecule has 1 aromatic carbocycles.